The number of aryl methyl sites for hydroxylation is 3. The third-order valence-electron chi connectivity index (χ3n) is 5.21. The molecule has 31 heavy (non-hydrogen) atoms. The van der Waals surface area contributed by atoms with E-state index in [1.165, 1.54) is 11.3 Å². The summed E-state index contributed by atoms with van der Waals surface area (Å²) in [5.74, 6) is 0.511. The summed E-state index contributed by atoms with van der Waals surface area (Å²) in [6, 6.07) is 12.0. The van der Waals surface area contributed by atoms with Gasteiger partial charge in [0.05, 0.1) is 42.1 Å². The number of aromatic nitrogens is 3. The molecule has 0 radical (unpaired) electrons. The van der Waals surface area contributed by atoms with Gasteiger partial charge in [-0.15, -0.1) is 11.3 Å². The van der Waals surface area contributed by atoms with E-state index in [1.807, 2.05) is 56.6 Å². The maximum Gasteiger partial charge on any atom is 0.311 e. The number of hydrogen-bond acceptors (Lipinski definition) is 6. The second-order valence-electron chi connectivity index (χ2n) is 7.42. The highest BCUT2D eigenvalue weighted by atomic mass is 32.1. The van der Waals surface area contributed by atoms with Gasteiger partial charge in [0.1, 0.15) is 17.4 Å². The van der Waals surface area contributed by atoms with E-state index >= 15 is 0 Å². The molecule has 0 atom stereocenters. The lowest BCUT2D eigenvalue weighted by Crippen LogP contribution is -2.07. The van der Waals surface area contributed by atoms with Crippen molar-refractivity contribution in [2.24, 2.45) is 0 Å². The molecule has 160 valence electrons. The highest BCUT2D eigenvalue weighted by Crippen LogP contribution is 2.35. The summed E-state index contributed by atoms with van der Waals surface area (Å²) in [6.07, 6.45) is 2.03. The molecule has 0 bridgehead atoms. The molecule has 0 unspecified atom stereocenters. The standard InChI is InChI=1S/C24H25N3O3S/c1-5-27-14-25-19-11-17(7-9-20(19)27)13-30-23(28)12-22-16(3)26-24(31-22)18-8-6-15(2)10-21(18)29-4/h6-11,14H,5,12-13H2,1-4H3. The Balaban J connectivity index is 1.43. The molecule has 6 nitrogen and oxygen atoms in total. The largest absolute Gasteiger partial charge is 0.496 e. The molecule has 2 aromatic heterocycles. The normalized spacial score (nSPS) is 11.1. The monoisotopic (exact) mass is 435 g/mol. The van der Waals surface area contributed by atoms with Gasteiger partial charge in [0, 0.05) is 11.4 Å². The fraction of sp³-hybridized carbons (Fsp3) is 0.292. The molecule has 4 rings (SSSR count). The first-order valence-electron chi connectivity index (χ1n) is 10.2. The summed E-state index contributed by atoms with van der Waals surface area (Å²) in [5, 5.41) is 0.842. The van der Waals surface area contributed by atoms with Gasteiger partial charge >= 0.3 is 5.97 Å². The lowest BCUT2D eigenvalue weighted by Gasteiger charge is -2.06. The summed E-state index contributed by atoms with van der Waals surface area (Å²) in [4.78, 5) is 22.4. The number of esters is 1. The quantitative estimate of drug-likeness (QED) is 0.378. The van der Waals surface area contributed by atoms with E-state index in [4.69, 9.17) is 9.47 Å². The van der Waals surface area contributed by atoms with Crippen LogP contribution in [0, 0.1) is 13.8 Å². The Morgan fingerprint density at radius 3 is 2.77 bits per heavy atom. The van der Waals surface area contributed by atoms with E-state index in [1.54, 1.807) is 7.11 Å². The zero-order valence-corrected chi connectivity index (χ0v) is 19.0. The third-order valence-corrected chi connectivity index (χ3v) is 6.40. The Morgan fingerprint density at radius 1 is 1.16 bits per heavy atom. The summed E-state index contributed by atoms with van der Waals surface area (Å²) in [5.41, 5.74) is 5.81. The predicted octanol–water partition coefficient (Wildman–Crippen LogP) is 5.09. The molecule has 7 heteroatoms. The molecule has 2 heterocycles. The maximum absolute atomic E-state index is 12.5. The number of methoxy groups -OCH3 is 1. The molecule has 0 saturated heterocycles. The minimum atomic E-state index is -0.270. The van der Waals surface area contributed by atoms with Crippen LogP contribution < -0.4 is 4.74 Å². The van der Waals surface area contributed by atoms with E-state index in [9.17, 15) is 4.79 Å². The van der Waals surface area contributed by atoms with Crippen LogP contribution in [0.1, 0.15) is 28.6 Å². The second-order valence-corrected chi connectivity index (χ2v) is 8.51. The van der Waals surface area contributed by atoms with Crippen molar-refractivity contribution >= 4 is 28.3 Å². The van der Waals surface area contributed by atoms with Crippen LogP contribution in [0.3, 0.4) is 0 Å². The number of fused-ring (bicyclic) bond motifs is 1. The fourth-order valence-electron chi connectivity index (χ4n) is 3.48. The number of rotatable bonds is 7. The smallest absolute Gasteiger partial charge is 0.311 e. The average Bonchev–Trinajstić information content (AvgIpc) is 3.34. The fourth-order valence-corrected chi connectivity index (χ4v) is 4.56. The van der Waals surface area contributed by atoms with Gasteiger partial charge in [0.15, 0.2) is 0 Å². The Bertz CT molecular complexity index is 1240. The van der Waals surface area contributed by atoms with E-state index < -0.39 is 0 Å². The Morgan fingerprint density at radius 2 is 2.00 bits per heavy atom. The van der Waals surface area contributed by atoms with Crippen LogP contribution in [-0.4, -0.2) is 27.6 Å². The molecule has 0 aliphatic heterocycles. The van der Waals surface area contributed by atoms with E-state index in [2.05, 4.69) is 21.5 Å². The van der Waals surface area contributed by atoms with Crippen molar-refractivity contribution in [3.8, 4) is 16.3 Å². The zero-order valence-electron chi connectivity index (χ0n) is 18.1. The highest BCUT2D eigenvalue weighted by Gasteiger charge is 2.16. The third kappa shape index (κ3) is 4.46. The van der Waals surface area contributed by atoms with Crippen molar-refractivity contribution in [1.29, 1.82) is 0 Å². The van der Waals surface area contributed by atoms with E-state index in [0.29, 0.717) is 0 Å². The first-order valence-corrected chi connectivity index (χ1v) is 11.0. The summed E-state index contributed by atoms with van der Waals surface area (Å²) < 4.78 is 13.1. The van der Waals surface area contributed by atoms with E-state index in [-0.39, 0.29) is 19.0 Å². The molecule has 0 aliphatic rings. The van der Waals surface area contributed by atoms with Gasteiger partial charge in [-0.05, 0) is 56.2 Å². The highest BCUT2D eigenvalue weighted by molar-refractivity contribution is 7.15. The number of carbonyl (C=O) groups is 1. The van der Waals surface area contributed by atoms with Gasteiger partial charge in [-0.3, -0.25) is 4.79 Å². The van der Waals surface area contributed by atoms with Crippen LogP contribution >= 0.6 is 11.3 Å². The molecular weight excluding hydrogens is 410 g/mol. The van der Waals surface area contributed by atoms with Gasteiger partial charge in [0.2, 0.25) is 0 Å². The van der Waals surface area contributed by atoms with Crippen LogP contribution in [0.2, 0.25) is 0 Å². The molecule has 2 aromatic carbocycles. The van der Waals surface area contributed by atoms with Gasteiger partial charge in [-0.25, -0.2) is 9.97 Å². The molecular formula is C24H25N3O3S. The molecule has 0 saturated carbocycles. The molecule has 0 spiro atoms. The van der Waals surface area contributed by atoms with Crippen molar-refractivity contribution in [3.63, 3.8) is 0 Å². The van der Waals surface area contributed by atoms with Gasteiger partial charge in [-0.2, -0.15) is 0 Å². The zero-order chi connectivity index (χ0) is 22.0. The molecule has 0 fully saturated rings. The summed E-state index contributed by atoms with van der Waals surface area (Å²) >= 11 is 1.50. The summed E-state index contributed by atoms with van der Waals surface area (Å²) in [7, 11) is 1.65. The Kier molecular flexibility index (Phi) is 6.04. The number of carbonyl (C=O) groups excluding carboxylic acids is 1. The van der Waals surface area contributed by atoms with Crippen LogP contribution in [0.25, 0.3) is 21.6 Å². The number of imidazole rings is 1. The minimum absolute atomic E-state index is 0.199. The van der Waals surface area contributed by atoms with Crippen molar-refractivity contribution in [2.45, 2.75) is 40.3 Å². The van der Waals surface area contributed by atoms with Crippen LogP contribution in [0.15, 0.2) is 42.7 Å². The van der Waals surface area contributed by atoms with Crippen molar-refractivity contribution in [1.82, 2.24) is 14.5 Å². The second kappa shape index (κ2) is 8.89. The topological polar surface area (TPSA) is 66.2 Å². The van der Waals surface area contributed by atoms with Crippen molar-refractivity contribution in [3.05, 3.63) is 64.4 Å². The minimum Gasteiger partial charge on any atom is -0.496 e. The first kappa shape index (κ1) is 21.1. The number of ether oxygens (including phenoxy) is 2. The lowest BCUT2D eigenvalue weighted by atomic mass is 10.1. The van der Waals surface area contributed by atoms with Crippen LogP contribution in [-0.2, 0) is 29.1 Å². The van der Waals surface area contributed by atoms with Gasteiger partial charge in [0.25, 0.3) is 0 Å². The van der Waals surface area contributed by atoms with Crippen LogP contribution in [0.4, 0.5) is 0 Å². The van der Waals surface area contributed by atoms with Gasteiger partial charge in [-0.1, -0.05) is 12.1 Å². The predicted molar refractivity (Wildman–Crippen MR) is 122 cm³/mol. The van der Waals surface area contributed by atoms with Crippen LogP contribution in [0.5, 0.6) is 5.75 Å². The number of hydrogen-bond donors (Lipinski definition) is 0. The Labute approximate surface area is 185 Å². The molecule has 4 aromatic rings. The van der Waals surface area contributed by atoms with Gasteiger partial charge < -0.3 is 14.0 Å². The summed E-state index contributed by atoms with van der Waals surface area (Å²) in [6.45, 7) is 7.12. The van der Waals surface area contributed by atoms with Crippen molar-refractivity contribution < 1.29 is 14.3 Å². The molecule has 0 amide bonds. The SMILES string of the molecule is CCn1cnc2cc(COC(=O)Cc3sc(-c4ccc(C)cc4OC)nc3C)ccc21. The molecule has 0 aliphatic carbocycles. The molecule has 0 N–H and O–H groups in total. The maximum atomic E-state index is 12.5. The number of nitrogens with zero attached hydrogens (tertiary/aromatic N) is 3. The Hall–Kier alpha value is -3.19. The number of benzene rings is 2. The van der Waals surface area contributed by atoms with Crippen molar-refractivity contribution in [2.75, 3.05) is 7.11 Å². The van der Waals surface area contributed by atoms with E-state index in [0.717, 1.165) is 55.6 Å². The average molecular weight is 436 g/mol. The lowest BCUT2D eigenvalue weighted by molar-refractivity contribution is -0.144. The number of thiazole rings is 1. The first-order chi connectivity index (χ1) is 15.0.